The molecule has 4 heteroatoms. The van der Waals surface area contributed by atoms with Gasteiger partial charge >= 0.3 is 0 Å². The van der Waals surface area contributed by atoms with Gasteiger partial charge in [-0.15, -0.1) is 0 Å². The summed E-state index contributed by atoms with van der Waals surface area (Å²) in [6.45, 7) is 3.78. The van der Waals surface area contributed by atoms with Crippen molar-refractivity contribution in [2.75, 3.05) is 5.43 Å². The molecular weight excluding hydrogens is 228 g/mol. The number of carbonyl (C=O) groups is 1. The Hall–Kier alpha value is -2.07. The highest BCUT2D eigenvalue weighted by Crippen LogP contribution is 2.13. The fourth-order valence-corrected chi connectivity index (χ4v) is 1.80. The number of hydrogen-bond donors (Lipinski definition) is 2. The Morgan fingerprint density at radius 1 is 1.11 bits per heavy atom. The van der Waals surface area contributed by atoms with Gasteiger partial charge in [-0.25, -0.2) is 0 Å². The van der Waals surface area contributed by atoms with Crippen molar-refractivity contribution in [3.8, 4) is 0 Å². The summed E-state index contributed by atoms with van der Waals surface area (Å²) in [5, 5.41) is 9.94. The molecule has 0 radical (unpaired) electrons. The molecule has 94 valence electrons. The lowest BCUT2D eigenvalue weighted by Gasteiger charge is -2.15. The Balaban J connectivity index is 2.14. The Morgan fingerprint density at radius 2 is 1.67 bits per heavy atom. The first-order chi connectivity index (χ1) is 8.59. The molecule has 1 heterocycles. The highest BCUT2D eigenvalue weighted by atomic mass is 16.3. The summed E-state index contributed by atoms with van der Waals surface area (Å²) in [5.74, 6) is -0.441. The van der Waals surface area contributed by atoms with Crippen molar-refractivity contribution in [3.05, 3.63) is 59.4 Å². The molecule has 1 unspecified atom stereocenters. The van der Waals surface area contributed by atoms with Crippen LogP contribution in [0.25, 0.3) is 0 Å². The molecule has 18 heavy (non-hydrogen) atoms. The molecule has 4 nitrogen and oxygen atoms in total. The van der Waals surface area contributed by atoms with Gasteiger partial charge in [0.15, 0.2) is 6.10 Å². The summed E-state index contributed by atoms with van der Waals surface area (Å²) in [6, 6.07) is 12.7. The van der Waals surface area contributed by atoms with Crippen molar-refractivity contribution in [2.45, 2.75) is 20.0 Å². The van der Waals surface area contributed by atoms with Crippen LogP contribution in [-0.2, 0) is 4.79 Å². The second kappa shape index (κ2) is 5.06. The van der Waals surface area contributed by atoms with Gasteiger partial charge in [-0.2, -0.15) is 0 Å². The van der Waals surface area contributed by atoms with Crippen LogP contribution in [0.2, 0.25) is 0 Å². The first-order valence-electron chi connectivity index (χ1n) is 5.78. The van der Waals surface area contributed by atoms with Gasteiger partial charge in [-0.05, 0) is 31.5 Å². The van der Waals surface area contributed by atoms with Crippen LogP contribution in [0, 0.1) is 13.8 Å². The Labute approximate surface area is 106 Å². The molecule has 1 aromatic heterocycles. The third-order valence-corrected chi connectivity index (χ3v) is 2.86. The largest absolute Gasteiger partial charge is 0.378 e. The second-order valence-corrected chi connectivity index (χ2v) is 4.24. The SMILES string of the molecule is Cc1ccc(C)n1NC(=O)C(O)c1ccccc1. The van der Waals surface area contributed by atoms with Crippen molar-refractivity contribution in [2.24, 2.45) is 0 Å². The van der Waals surface area contributed by atoms with E-state index < -0.39 is 12.0 Å². The van der Waals surface area contributed by atoms with E-state index in [1.165, 1.54) is 0 Å². The normalized spacial score (nSPS) is 12.2. The monoisotopic (exact) mass is 244 g/mol. The first-order valence-corrected chi connectivity index (χ1v) is 5.78. The minimum absolute atomic E-state index is 0.441. The van der Waals surface area contributed by atoms with Gasteiger partial charge < -0.3 is 5.11 Å². The Kier molecular flexibility index (Phi) is 3.48. The highest BCUT2D eigenvalue weighted by Gasteiger charge is 2.17. The molecular formula is C14H16N2O2. The number of carbonyl (C=O) groups excluding carboxylic acids is 1. The third-order valence-electron chi connectivity index (χ3n) is 2.86. The molecule has 2 N–H and O–H groups in total. The van der Waals surface area contributed by atoms with Gasteiger partial charge in [-0.3, -0.25) is 14.9 Å². The van der Waals surface area contributed by atoms with E-state index in [0.717, 1.165) is 11.4 Å². The fourth-order valence-electron chi connectivity index (χ4n) is 1.80. The predicted molar refractivity (Wildman–Crippen MR) is 69.7 cm³/mol. The van der Waals surface area contributed by atoms with Gasteiger partial charge in [0.25, 0.3) is 5.91 Å². The maximum absolute atomic E-state index is 11.9. The lowest BCUT2D eigenvalue weighted by atomic mass is 10.1. The molecule has 0 fully saturated rings. The standard InChI is InChI=1S/C14H16N2O2/c1-10-8-9-11(2)16(10)15-14(18)13(17)12-6-4-3-5-7-12/h3-9,13,17H,1-2H3,(H,15,18). The van der Waals surface area contributed by atoms with Crippen LogP contribution in [0.5, 0.6) is 0 Å². The number of amides is 1. The van der Waals surface area contributed by atoms with E-state index in [-0.39, 0.29) is 0 Å². The van der Waals surface area contributed by atoms with E-state index in [9.17, 15) is 9.90 Å². The number of aromatic nitrogens is 1. The molecule has 1 amide bonds. The summed E-state index contributed by atoms with van der Waals surface area (Å²) in [6.07, 6.45) is -1.16. The van der Waals surface area contributed by atoms with Crippen LogP contribution in [0.1, 0.15) is 23.1 Å². The van der Waals surface area contributed by atoms with Gasteiger partial charge in [-0.1, -0.05) is 30.3 Å². The van der Waals surface area contributed by atoms with Crippen molar-refractivity contribution < 1.29 is 9.90 Å². The molecule has 0 aliphatic rings. The molecule has 2 aromatic rings. The number of aryl methyl sites for hydroxylation is 2. The van der Waals surface area contributed by atoms with Crippen molar-refractivity contribution in [3.63, 3.8) is 0 Å². The summed E-state index contributed by atoms with van der Waals surface area (Å²) < 4.78 is 1.66. The second-order valence-electron chi connectivity index (χ2n) is 4.24. The minimum Gasteiger partial charge on any atom is -0.378 e. The van der Waals surface area contributed by atoms with Crippen LogP contribution >= 0.6 is 0 Å². The maximum atomic E-state index is 11.9. The average molecular weight is 244 g/mol. The smallest absolute Gasteiger partial charge is 0.272 e. The van der Waals surface area contributed by atoms with E-state index in [1.807, 2.05) is 32.0 Å². The lowest BCUT2D eigenvalue weighted by Crippen LogP contribution is -2.29. The number of hydrogen-bond acceptors (Lipinski definition) is 2. The van der Waals surface area contributed by atoms with Gasteiger partial charge in [0.1, 0.15) is 0 Å². The van der Waals surface area contributed by atoms with Crippen LogP contribution in [-0.4, -0.2) is 15.7 Å². The van der Waals surface area contributed by atoms with Crippen LogP contribution in [0.4, 0.5) is 0 Å². The Bertz CT molecular complexity index is 527. The van der Waals surface area contributed by atoms with Crippen LogP contribution < -0.4 is 5.43 Å². The molecule has 1 atom stereocenters. The minimum atomic E-state index is -1.16. The zero-order valence-corrected chi connectivity index (χ0v) is 10.4. The zero-order valence-electron chi connectivity index (χ0n) is 10.4. The highest BCUT2D eigenvalue weighted by molar-refractivity contribution is 5.88. The first kappa shape index (κ1) is 12.4. The molecule has 0 bridgehead atoms. The van der Waals surface area contributed by atoms with Crippen molar-refractivity contribution in [1.29, 1.82) is 0 Å². The Morgan fingerprint density at radius 3 is 2.22 bits per heavy atom. The third kappa shape index (κ3) is 2.43. The van der Waals surface area contributed by atoms with E-state index in [4.69, 9.17) is 0 Å². The lowest BCUT2D eigenvalue weighted by molar-refractivity contribution is -0.125. The number of nitrogens with one attached hydrogen (secondary N) is 1. The summed E-state index contributed by atoms with van der Waals surface area (Å²) in [4.78, 5) is 11.9. The fraction of sp³-hybridized carbons (Fsp3) is 0.214. The summed E-state index contributed by atoms with van der Waals surface area (Å²) >= 11 is 0. The molecule has 0 aliphatic carbocycles. The number of benzene rings is 1. The maximum Gasteiger partial charge on any atom is 0.272 e. The quantitative estimate of drug-likeness (QED) is 0.866. The van der Waals surface area contributed by atoms with Crippen molar-refractivity contribution >= 4 is 5.91 Å². The van der Waals surface area contributed by atoms with Crippen molar-refractivity contribution in [1.82, 2.24) is 4.68 Å². The zero-order chi connectivity index (χ0) is 13.1. The summed E-state index contributed by atoms with van der Waals surface area (Å²) in [5.41, 5.74) is 5.10. The molecule has 0 spiro atoms. The van der Waals surface area contributed by atoms with E-state index in [2.05, 4.69) is 5.43 Å². The van der Waals surface area contributed by atoms with E-state index in [0.29, 0.717) is 5.56 Å². The van der Waals surface area contributed by atoms with E-state index >= 15 is 0 Å². The topological polar surface area (TPSA) is 54.3 Å². The average Bonchev–Trinajstić information content (AvgIpc) is 2.70. The molecule has 0 aliphatic heterocycles. The van der Waals surface area contributed by atoms with Gasteiger partial charge in [0, 0.05) is 11.4 Å². The van der Waals surface area contributed by atoms with Gasteiger partial charge in [0.2, 0.25) is 0 Å². The van der Waals surface area contributed by atoms with Crippen LogP contribution in [0.15, 0.2) is 42.5 Å². The molecule has 1 aromatic carbocycles. The summed E-state index contributed by atoms with van der Waals surface area (Å²) in [7, 11) is 0. The molecule has 0 saturated carbocycles. The number of nitrogens with zero attached hydrogens (tertiary/aromatic N) is 1. The number of rotatable bonds is 3. The molecule has 2 rings (SSSR count). The van der Waals surface area contributed by atoms with Gasteiger partial charge in [0.05, 0.1) is 0 Å². The molecule has 0 saturated heterocycles. The van der Waals surface area contributed by atoms with Crippen LogP contribution in [0.3, 0.4) is 0 Å². The number of aliphatic hydroxyl groups is 1. The predicted octanol–water partition coefficient (Wildman–Crippen LogP) is 1.91. The number of aliphatic hydroxyl groups excluding tert-OH is 1. The van der Waals surface area contributed by atoms with E-state index in [1.54, 1.807) is 28.9 Å².